The molecule has 1 aliphatic rings. The van der Waals surface area contributed by atoms with Crippen LogP contribution in [0.3, 0.4) is 0 Å². The second-order valence-corrected chi connectivity index (χ2v) is 5.36. The van der Waals surface area contributed by atoms with Crippen molar-refractivity contribution in [3.63, 3.8) is 0 Å². The molecule has 1 fully saturated rings. The predicted octanol–water partition coefficient (Wildman–Crippen LogP) is 0.986. The number of aliphatic hydroxyl groups excluding tert-OH is 1. The SMILES string of the molecule is OCCN1CCN(Cc2nc(-c3ccc(F)cc3)no2)CC1. The van der Waals surface area contributed by atoms with Crippen molar-refractivity contribution < 1.29 is 14.0 Å². The maximum Gasteiger partial charge on any atom is 0.241 e. The summed E-state index contributed by atoms with van der Waals surface area (Å²) in [6.45, 7) is 5.22. The first-order valence-corrected chi connectivity index (χ1v) is 7.39. The Kier molecular flexibility index (Phi) is 4.77. The Labute approximate surface area is 128 Å². The maximum absolute atomic E-state index is 12.9. The molecule has 118 valence electrons. The second kappa shape index (κ2) is 6.95. The van der Waals surface area contributed by atoms with Crippen molar-refractivity contribution in [3.05, 3.63) is 36.0 Å². The summed E-state index contributed by atoms with van der Waals surface area (Å²) in [6, 6.07) is 6.03. The fraction of sp³-hybridized carbons (Fsp3) is 0.467. The number of nitrogens with zero attached hydrogens (tertiary/aromatic N) is 4. The monoisotopic (exact) mass is 306 g/mol. The van der Waals surface area contributed by atoms with Crippen LogP contribution < -0.4 is 0 Å². The van der Waals surface area contributed by atoms with Crippen molar-refractivity contribution in [2.75, 3.05) is 39.3 Å². The number of halogens is 1. The summed E-state index contributed by atoms with van der Waals surface area (Å²) in [6.07, 6.45) is 0. The largest absolute Gasteiger partial charge is 0.395 e. The van der Waals surface area contributed by atoms with Crippen molar-refractivity contribution in [1.82, 2.24) is 19.9 Å². The number of piperazine rings is 1. The standard InChI is InChI=1S/C15H19FN4O2/c16-13-3-1-12(2-4-13)15-17-14(22-18-15)11-20-7-5-19(6-8-20)9-10-21/h1-4,21H,5-11H2. The van der Waals surface area contributed by atoms with Crippen LogP contribution in [0.15, 0.2) is 28.8 Å². The van der Waals surface area contributed by atoms with Crippen molar-refractivity contribution >= 4 is 0 Å². The number of hydrogen-bond donors (Lipinski definition) is 1. The van der Waals surface area contributed by atoms with Crippen molar-refractivity contribution in [3.8, 4) is 11.4 Å². The van der Waals surface area contributed by atoms with E-state index in [0.29, 0.717) is 18.3 Å². The highest BCUT2D eigenvalue weighted by Gasteiger charge is 2.19. The van der Waals surface area contributed by atoms with Gasteiger partial charge in [-0.1, -0.05) is 5.16 Å². The Balaban J connectivity index is 1.57. The van der Waals surface area contributed by atoms with Crippen LogP contribution in [0.5, 0.6) is 0 Å². The molecule has 0 unspecified atom stereocenters. The van der Waals surface area contributed by atoms with Gasteiger partial charge in [-0.05, 0) is 24.3 Å². The van der Waals surface area contributed by atoms with E-state index in [1.807, 2.05) is 0 Å². The summed E-state index contributed by atoms with van der Waals surface area (Å²) in [5.74, 6) is 0.761. The van der Waals surface area contributed by atoms with E-state index in [-0.39, 0.29) is 12.4 Å². The van der Waals surface area contributed by atoms with Gasteiger partial charge in [-0.15, -0.1) is 0 Å². The van der Waals surface area contributed by atoms with E-state index in [1.54, 1.807) is 12.1 Å². The minimum absolute atomic E-state index is 0.199. The summed E-state index contributed by atoms with van der Waals surface area (Å²) < 4.78 is 18.2. The third kappa shape index (κ3) is 3.68. The zero-order valence-corrected chi connectivity index (χ0v) is 12.3. The van der Waals surface area contributed by atoms with Crippen molar-refractivity contribution in [1.29, 1.82) is 0 Å². The molecule has 0 amide bonds. The molecule has 1 aromatic heterocycles. The number of rotatable bonds is 5. The second-order valence-electron chi connectivity index (χ2n) is 5.36. The molecule has 3 rings (SSSR count). The van der Waals surface area contributed by atoms with E-state index in [4.69, 9.17) is 9.63 Å². The van der Waals surface area contributed by atoms with Gasteiger partial charge in [-0.25, -0.2) is 4.39 Å². The quantitative estimate of drug-likeness (QED) is 0.888. The lowest BCUT2D eigenvalue weighted by atomic mass is 10.2. The van der Waals surface area contributed by atoms with Gasteiger partial charge in [0.05, 0.1) is 13.2 Å². The van der Waals surface area contributed by atoms with E-state index >= 15 is 0 Å². The van der Waals surface area contributed by atoms with Crippen LogP contribution in [0.1, 0.15) is 5.89 Å². The highest BCUT2D eigenvalue weighted by molar-refractivity contribution is 5.53. The molecule has 1 aromatic carbocycles. The fourth-order valence-electron chi connectivity index (χ4n) is 2.54. The molecule has 0 atom stereocenters. The van der Waals surface area contributed by atoms with Gasteiger partial charge in [-0.3, -0.25) is 9.80 Å². The van der Waals surface area contributed by atoms with Gasteiger partial charge in [-0.2, -0.15) is 4.98 Å². The van der Waals surface area contributed by atoms with Crippen LogP contribution in [0.25, 0.3) is 11.4 Å². The summed E-state index contributed by atoms with van der Waals surface area (Å²) in [5, 5.41) is 12.9. The van der Waals surface area contributed by atoms with Gasteiger partial charge < -0.3 is 9.63 Å². The molecular formula is C15H19FN4O2. The zero-order chi connectivity index (χ0) is 15.4. The first kappa shape index (κ1) is 15.1. The number of hydrogen-bond acceptors (Lipinski definition) is 6. The van der Waals surface area contributed by atoms with Gasteiger partial charge in [0, 0.05) is 38.3 Å². The van der Waals surface area contributed by atoms with E-state index < -0.39 is 0 Å². The number of β-amino-alcohol motifs (C(OH)–C–C–N with tert-alkyl or cyclic N) is 1. The molecule has 1 aliphatic heterocycles. The van der Waals surface area contributed by atoms with E-state index in [2.05, 4.69) is 19.9 Å². The number of aromatic nitrogens is 2. The average Bonchev–Trinajstić information content (AvgIpc) is 2.99. The van der Waals surface area contributed by atoms with Crippen LogP contribution >= 0.6 is 0 Å². The minimum Gasteiger partial charge on any atom is -0.395 e. The lowest BCUT2D eigenvalue weighted by Crippen LogP contribution is -2.46. The summed E-state index contributed by atoms with van der Waals surface area (Å²) in [4.78, 5) is 8.84. The normalized spacial score (nSPS) is 17.0. The van der Waals surface area contributed by atoms with Crippen LogP contribution in [0.4, 0.5) is 4.39 Å². The molecule has 7 heteroatoms. The number of aliphatic hydroxyl groups is 1. The third-order valence-corrected chi connectivity index (χ3v) is 3.81. The van der Waals surface area contributed by atoms with Crippen molar-refractivity contribution in [2.45, 2.75) is 6.54 Å². The van der Waals surface area contributed by atoms with Crippen LogP contribution in [0.2, 0.25) is 0 Å². The molecule has 22 heavy (non-hydrogen) atoms. The molecule has 6 nitrogen and oxygen atoms in total. The first-order chi connectivity index (χ1) is 10.7. The van der Waals surface area contributed by atoms with Crippen molar-refractivity contribution in [2.24, 2.45) is 0 Å². The molecule has 0 bridgehead atoms. The third-order valence-electron chi connectivity index (χ3n) is 3.81. The molecule has 2 heterocycles. The average molecular weight is 306 g/mol. The molecule has 1 N–H and O–H groups in total. The van der Waals surface area contributed by atoms with Gasteiger partial charge in [0.2, 0.25) is 11.7 Å². The smallest absolute Gasteiger partial charge is 0.241 e. The summed E-state index contributed by atoms with van der Waals surface area (Å²) in [7, 11) is 0. The molecular weight excluding hydrogens is 287 g/mol. The van der Waals surface area contributed by atoms with Gasteiger partial charge in [0.1, 0.15) is 5.82 Å². The molecule has 0 aliphatic carbocycles. The highest BCUT2D eigenvalue weighted by Crippen LogP contribution is 2.17. The van der Waals surface area contributed by atoms with Gasteiger partial charge in [0.15, 0.2) is 0 Å². The zero-order valence-electron chi connectivity index (χ0n) is 12.3. The molecule has 0 saturated carbocycles. The Bertz CT molecular complexity index is 594. The summed E-state index contributed by atoms with van der Waals surface area (Å²) in [5.41, 5.74) is 0.740. The van der Waals surface area contributed by atoms with E-state index in [1.165, 1.54) is 12.1 Å². The van der Waals surface area contributed by atoms with Crippen LogP contribution in [-0.2, 0) is 6.54 Å². The van der Waals surface area contributed by atoms with Gasteiger partial charge >= 0.3 is 0 Å². The molecule has 0 radical (unpaired) electrons. The predicted molar refractivity (Wildman–Crippen MR) is 78.5 cm³/mol. The van der Waals surface area contributed by atoms with Crippen LogP contribution in [0, 0.1) is 5.82 Å². The number of benzene rings is 1. The minimum atomic E-state index is -0.284. The van der Waals surface area contributed by atoms with E-state index in [9.17, 15) is 4.39 Å². The highest BCUT2D eigenvalue weighted by atomic mass is 19.1. The van der Waals surface area contributed by atoms with Crippen LogP contribution in [-0.4, -0.2) is 64.4 Å². The Morgan fingerprint density at radius 2 is 1.77 bits per heavy atom. The molecule has 0 spiro atoms. The lowest BCUT2D eigenvalue weighted by molar-refractivity contribution is 0.101. The van der Waals surface area contributed by atoms with Gasteiger partial charge in [0.25, 0.3) is 0 Å². The Hall–Kier alpha value is -1.83. The lowest BCUT2D eigenvalue weighted by Gasteiger charge is -2.33. The molecule has 1 saturated heterocycles. The molecule has 2 aromatic rings. The Morgan fingerprint density at radius 1 is 1.09 bits per heavy atom. The topological polar surface area (TPSA) is 65.6 Å². The fourth-order valence-corrected chi connectivity index (χ4v) is 2.54. The Morgan fingerprint density at radius 3 is 2.45 bits per heavy atom. The maximum atomic E-state index is 12.9. The summed E-state index contributed by atoms with van der Waals surface area (Å²) >= 11 is 0. The first-order valence-electron chi connectivity index (χ1n) is 7.39. The van der Waals surface area contributed by atoms with E-state index in [0.717, 1.165) is 38.3 Å².